The van der Waals surface area contributed by atoms with Crippen LogP contribution in [0.5, 0.6) is 11.5 Å². The number of carbonyl (C=O) groups is 3. The number of nitrogens with one attached hydrogen (secondary N) is 3. The summed E-state index contributed by atoms with van der Waals surface area (Å²) >= 11 is 0. The van der Waals surface area contributed by atoms with Crippen molar-refractivity contribution in [3.63, 3.8) is 0 Å². The van der Waals surface area contributed by atoms with Gasteiger partial charge in [-0.1, -0.05) is 0 Å². The molecule has 0 radical (unpaired) electrons. The van der Waals surface area contributed by atoms with Crippen LogP contribution in [-0.2, 0) is 14.3 Å². The number of amides is 3. The van der Waals surface area contributed by atoms with Crippen LogP contribution in [0.25, 0.3) is 0 Å². The fourth-order valence-corrected chi connectivity index (χ4v) is 2.09. The molecule has 0 saturated heterocycles. The summed E-state index contributed by atoms with van der Waals surface area (Å²) in [7, 11) is 0. The van der Waals surface area contributed by atoms with Crippen LogP contribution in [0.3, 0.4) is 0 Å². The molecule has 0 bridgehead atoms. The van der Waals surface area contributed by atoms with Crippen LogP contribution in [0.4, 0.5) is 4.79 Å². The maximum atomic E-state index is 12.0. The zero-order valence-electron chi connectivity index (χ0n) is 17.7. The van der Waals surface area contributed by atoms with E-state index in [0.717, 1.165) is 0 Å². The third-order valence-electron chi connectivity index (χ3n) is 3.39. The monoisotopic (exact) mass is 409 g/mol. The molecule has 3 N–H and O–H groups in total. The Morgan fingerprint density at radius 3 is 2.24 bits per heavy atom. The molecule has 3 amide bonds. The molecule has 1 rings (SSSR count). The largest absolute Gasteiger partial charge is 0.494 e. The summed E-state index contributed by atoms with van der Waals surface area (Å²) in [5, 5.41) is 2.56. The van der Waals surface area contributed by atoms with Gasteiger partial charge in [0.2, 0.25) is 5.91 Å². The van der Waals surface area contributed by atoms with Crippen molar-refractivity contribution in [2.24, 2.45) is 0 Å². The van der Waals surface area contributed by atoms with Gasteiger partial charge in [0, 0.05) is 13.0 Å². The second-order valence-electron chi connectivity index (χ2n) is 7.23. The topological polar surface area (TPSA) is 115 Å². The minimum absolute atomic E-state index is 0.129. The SMILES string of the molecule is CCOc1ccc(OC(C)C(=O)NNC(=O)CCCNC(=O)OC(C)(C)C)cc1. The van der Waals surface area contributed by atoms with E-state index in [1.807, 2.05) is 6.92 Å². The summed E-state index contributed by atoms with van der Waals surface area (Å²) in [6.45, 7) is 9.62. The van der Waals surface area contributed by atoms with Crippen LogP contribution in [0.2, 0.25) is 0 Å². The first-order valence-corrected chi connectivity index (χ1v) is 9.55. The highest BCUT2D eigenvalue weighted by molar-refractivity contribution is 5.84. The maximum absolute atomic E-state index is 12.0. The van der Waals surface area contributed by atoms with Gasteiger partial charge >= 0.3 is 6.09 Å². The molecule has 162 valence electrons. The predicted octanol–water partition coefficient (Wildman–Crippen LogP) is 2.30. The molecule has 0 aliphatic carbocycles. The third-order valence-corrected chi connectivity index (χ3v) is 3.39. The van der Waals surface area contributed by atoms with Gasteiger partial charge in [0.15, 0.2) is 6.10 Å². The first-order chi connectivity index (χ1) is 13.6. The van der Waals surface area contributed by atoms with Gasteiger partial charge in [-0.2, -0.15) is 0 Å². The van der Waals surface area contributed by atoms with Crippen LogP contribution < -0.4 is 25.6 Å². The first-order valence-electron chi connectivity index (χ1n) is 9.55. The molecular weight excluding hydrogens is 378 g/mol. The molecule has 9 heteroatoms. The lowest BCUT2D eigenvalue weighted by atomic mass is 10.2. The summed E-state index contributed by atoms with van der Waals surface area (Å²) < 4.78 is 16.0. The summed E-state index contributed by atoms with van der Waals surface area (Å²) in [5.41, 5.74) is 4.06. The van der Waals surface area contributed by atoms with E-state index in [-0.39, 0.29) is 18.9 Å². The number of alkyl carbamates (subject to hydrolysis) is 1. The fourth-order valence-electron chi connectivity index (χ4n) is 2.09. The van der Waals surface area contributed by atoms with Gasteiger partial charge in [-0.3, -0.25) is 20.4 Å². The summed E-state index contributed by atoms with van der Waals surface area (Å²) in [4.78, 5) is 35.3. The summed E-state index contributed by atoms with van der Waals surface area (Å²) in [5.74, 6) is 0.359. The number of carbonyl (C=O) groups excluding carboxylic acids is 3. The van der Waals surface area contributed by atoms with Crippen molar-refractivity contribution in [2.45, 2.75) is 59.2 Å². The van der Waals surface area contributed by atoms with Crippen molar-refractivity contribution >= 4 is 17.9 Å². The molecule has 0 aliphatic heterocycles. The van der Waals surface area contributed by atoms with Crippen molar-refractivity contribution < 1.29 is 28.6 Å². The Kier molecular flexibility index (Phi) is 9.78. The van der Waals surface area contributed by atoms with Crippen molar-refractivity contribution in [1.29, 1.82) is 0 Å². The van der Waals surface area contributed by atoms with Crippen LogP contribution in [0.1, 0.15) is 47.5 Å². The van der Waals surface area contributed by atoms with Gasteiger partial charge in [-0.25, -0.2) is 4.79 Å². The lowest BCUT2D eigenvalue weighted by molar-refractivity contribution is -0.132. The predicted molar refractivity (Wildman–Crippen MR) is 107 cm³/mol. The number of ether oxygens (including phenoxy) is 3. The van der Waals surface area contributed by atoms with Crippen LogP contribution in [0.15, 0.2) is 24.3 Å². The zero-order valence-corrected chi connectivity index (χ0v) is 17.7. The molecule has 0 spiro atoms. The van der Waals surface area contributed by atoms with E-state index in [0.29, 0.717) is 24.5 Å². The number of hydrazine groups is 1. The minimum atomic E-state index is -0.804. The summed E-state index contributed by atoms with van der Waals surface area (Å²) in [6.07, 6.45) is -0.808. The van der Waals surface area contributed by atoms with E-state index in [1.165, 1.54) is 0 Å². The Balaban J connectivity index is 2.23. The standard InChI is InChI=1S/C20H31N3O6/c1-6-27-15-9-11-16(12-10-15)28-14(2)18(25)23-22-17(24)8-7-13-21-19(26)29-20(3,4)5/h9-12,14H,6-8,13H2,1-5H3,(H,21,26)(H,22,24)(H,23,25). The molecule has 1 atom stereocenters. The summed E-state index contributed by atoms with van der Waals surface area (Å²) in [6, 6.07) is 6.89. The van der Waals surface area contributed by atoms with E-state index in [1.54, 1.807) is 52.0 Å². The van der Waals surface area contributed by atoms with E-state index >= 15 is 0 Å². The maximum Gasteiger partial charge on any atom is 0.407 e. The van der Waals surface area contributed by atoms with E-state index in [4.69, 9.17) is 14.2 Å². The Labute approximate surface area is 171 Å². The lowest BCUT2D eigenvalue weighted by Crippen LogP contribution is -2.47. The highest BCUT2D eigenvalue weighted by Gasteiger charge is 2.17. The highest BCUT2D eigenvalue weighted by Crippen LogP contribution is 2.18. The Bertz CT molecular complexity index is 670. The van der Waals surface area contributed by atoms with Gasteiger partial charge in [0.05, 0.1) is 6.61 Å². The van der Waals surface area contributed by atoms with Crippen LogP contribution >= 0.6 is 0 Å². The van der Waals surface area contributed by atoms with E-state index in [9.17, 15) is 14.4 Å². The highest BCUT2D eigenvalue weighted by atomic mass is 16.6. The molecule has 0 saturated carbocycles. The molecule has 0 fully saturated rings. The smallest absolute Gasteiger partial charge is 0.407 e. The van der Waals surface area contributed by atoms with Crippen molar-refractivity contribution in [1.82, 2.24) is 16.2 Å². The number of benzene rings is 1. The normalized spacial score (nSPS) is 11.8. The Morgan fingerprint density at radius 2 is 1.66 bits per heavy atom. The molecule has 0 heterocycles. The molecular formula is C20H31N3O6. The third kappa shape index (κ3) is 10.8. The Hall–Kier alpha value is -2.97. The molecule has 1 aromatic carbocycles. The molecule has 29 heavy (non-hydrogen) atoms. The average Bonchev–Trinajstić information content (AvgIpc) is 2.63. The van der Waals surface area contributed by atoms with Crippen LogP contribution in [0, 0.1) is 0 Å². The molecule has 0 aliphatic rings. The first kappa shape index (κ1) is 24.1. The number of hydrogen-bond acceptors (Lipinski definition) is 6. The number of rotatable bonds is 9. The molecule has 9 nitrogen and oxygen atoms in total. The van der Waals surface area contributed by atoms with E-state index < -0.39 is 23.7 Å². The minimum Gasteiger partial charge on any atom is -0.494 e. The van der Waals surface area contributed by atoms with Gasteiger partial charge in [0.1, 0.15) is 17.1 Å². The number of hydrogen-bond donors (Lipinski definition) is 3. The van der Waals surface area contributed by atoms with Crippen molar-refractivity contribution in [3.8, 4) is 11.5 Å². The van der Waals surface area contributed by atoms with E-state index in [2.05, 4.69) is 16.2 Å². The second-order valence-corrected chi connectivity index (χ2v) is 7.23. The van der Waals surface area contributed by atoms with Gasteiger partial charge in [-0.05, 0) is 65.3 Å². The van der Waals surface area contributed by atoms with Gasteiger partial charge in [0.25, 0.3) is 5.91 Å². The van der Waals surface area contributed by atoms with Crippen molar-refractivity contribution in [3.05, 3.63) is 24.3 Å². The van der Waals surface area contributed by atoms with Crippen molar-refractivity contribution in [2.75, 3.05) is 13.2 Å². The average molecular weight is 409 g/mol. The lowest BCUT2D eigenvalue weighted by Gasteiger charge is -2.19. The molecule has 1 aromatic rings. The second kappa shape index (κ2) is 11.8. The molecule has 1 unspecified atom stereocenters. The van der Waals surface area contributed by atoms with Gasteiger partial charge in [-0.15, -0.1) is 0 Å². The molecule has 0 aromatic heterocycles. The van der Waals surface area contributed by atoms with Gasteiger partial charge < -0.3 is 19.5 Å². The Morgan fingerprint density at radius 1 is 1.03 bits per heavy atom. The zero-order chi connectivity index (χ0) is 21.9. The fraction of sp³-hybridized carbons (Fsp3) is 0.550. The quantitative estimate of drug-likeness (QED) is 0.426. The van der Waals surface area contributed by atoms with Crippen LogP contribution in [-0.4, -0.2) is 42.8 Å².